The van der Waals surface area contributed by atoms with E-state index >= 15 is 0 Å². The molecule has 0 radical (unpaired) electrons. The van der Waals surface area contributed by atoms with Crippen LogP contribution >= 0.6 is 0 Å². The summed E-state index contributed by atoms with van der Waals surface area (Å²) in [6.45, 7) is 2.75. The topological polar surface area (TPSA) is 113 Å². The molecule has 0 spiro atoms. The van der Waals surface area contributed by atoms with Crippen molar-refractivity contribution in [1.29, 1.82) is 0 Å². The highest BCUT2D eigenvalue weighted by atomic mass is 16.6. The van der Waals surface area contributed by atoms with E-state index in [2.05, 4.69) is 20.6 Å². The Kier molecular flexibility index (Phi) is 5.08. The molecule has 0 aliphatic heterocycles. The molecule has 8 heteroatoms. The molecular formula is C9H15N5O3. The van der Waals surface area contributed by atoms with Crippen molar-refractivity contribution in [1.82, 2.24) is 9.97 Å². The second kappa shape index (κ2) is 6.59. The summed E-state index contributed by atoms with van der Waals surface area (Å²) in [4.78, 5) is 18.0. The van der Waals surface area contributed by atoms with E-state index in [0.717, 1.165) is 12.6 Å². The lowest BCUT2D eigenvalue weighted by Crippen LogP contribution is -2.12. The maximum absolute atomic E-state index is 10.7. The summed E-state index contributed by atoms with van der Waals surface area (Å²) in [7, 11) is 0. The average Bonchev–Trinajstić information content (AvgIpc) is 2.33. The lowest BCUT2D eigenvalue weighted by atomic mass is 10.4. The lowest BCUT2D eigenvalue weighted by molar-refractivity contribution is -0.384. The normalized spacial score (nSPS) is 10.0. The third-order valence-corrected chi connectivity index (χ3v) is 1.90. The molecule has 94 valence electrons. The Morgan fingerprint density at radius 2 is 2.24 bits per heavy atom. The van der Waals surface area contributed by atoms with Gasteiger partial charge in [-0.25, -0.2) is 4.98 Å². The van der Waals surface area contributed by atoms with E-state index in [-0.39, 0.29) is 24.7 Å². The minimum atomic E-state index is -0.566. The molecule has 0 aliphatic rings. The van der Waals surface area contributed by atoms with Gasteiger partial charge in [0.2, 0.25) is 11.8 Å². The molecule has 1 heterocycles. The van der Waals surface area contributed by atoms with Crippen LogP contribution in [0.15, 0.2) is 6.20 Å². The number of anilines is 2. The molecule has 3 N–H and O–H groups in total. The van der Waals surface area contributed by atoms with Crippen molar-refractivity contribution < 1.29 is 10.0 Å². The number of hydrogen-bond acceptors (Lipinski definition) is 7. The van der Waals surface area contributed by atoms with Crippen LogP contribution < -0.4 is 10.6 Å². The van der Waals surface area contributed by atoms with Crippen molar-refractivity contribution in [2.75, 3.05) is 30.3 Å². The van der Waals surface area contributed by atoms with Gasteiger partial charge in [-0.15, -0.1) is 0 Å². The summed E-state index contributed by atoms with van der Waals surface area (Å²) < 4.78 is 0. The molecule has 8 nitrogen and oxygen atoms in total. The number of aromatic nitrogens is 2. The summed E-state index contributed by atoms with van der Waals surface area (Å²) in [5, 5.41) is 25.0. The summed E-state index contributed by atoms with van der Waals surface area (Å²) in [5.41, 5.74) is -0.208. The first-order valence-electron chi connectivity index (χ1n) is 5.29. The second-order valence-electron chi connectivity index (χ2n) is 3.26. The van der Waals surface area contributed by atoms with Crippen molar-refractivity contribution in [2.45, 2.75) is 13.3 Å². The molecule has 0 amide bonds. The number of aliphatic hydroxyl groups excluding tert-OH is 1. The first kappa shape index (κ1) is 13.1. The molecule has 0 aliphatic carbocycles. The van der Waals surface area contributed by atoms with Crippen LogP contribution in [-0.4, -0.2) is 39.7 Å². The van der Waals surface area contributed by atoms with Crippen LogP contribution in [0.3, 0.4) is 0 Å². The highest BCUT2D eigenvalue weighted by molar-refractivity contribution is 5.56. The van der Waals surface area contributed by atoms with E-state index in [1.807, 2.05) is 6.92 Å². The monoisotopic (exact) mass is 241 g/mol. The number of aliphatic hydroxyl groups is 1. The largest absolute Gasteiger partial charge is 0.395 e. The summed E-state index contributed by atoms with van der Waals surface area (Å²) in [5.74, 6) is 0.440. The molecule has 0 bridgehead atoms. The average molecular weight is 241 g/mol. The van der Waals surface area contributed by atoms with E-state index < -0.39 is 4.92 Å². The van der Waals surface area contributed by atoms with E-state index in [1.54, 1.807) is 0 Å². The van der Waals surface area contributed by atoms with E-state index in [1.165, 1.54) is 0 Å². The van der Waals surface area contributed by atoms with Crippen molar-refractivity contribution in [3.63, 3.8) is 0 Å². The van der Waals surface area contributed by atoms with Crippen molar-refractivity contribution in [2.24, 2.45) is 0 Å². The van der Waals surface area contributed by atoms with Crippen LogP contribution in [0.4, 0.5) is 17.5 Å². The number of rotatable bonds is 7. The zero-order chi connectivity index (χ0) is 12.7. The molecule has 0 aromatic carbocycles. The van der Waals surface area contributed by atoms with Crippen LogP contribution in [0, 0.1) is 10.1 Å². The molecule has 0 saturated carbocycles. The molecule has 0 unspecified atom stereocenters. The van der Waals surface area contributed by atoms with Gasteiger partial charge < -0.3 is 15.7 Å². The zero-order valence-corrected chi connectivity index (χ0v) is 9.51. The predicted molar refractivity (Wildman–Crippen MR) is 63.0 cm³/mol. The lowest BCUT2D eigenvalue weighted by Gasteiger charge is -2.07. The Labute approximate surface area is 98.2 Å². The Balaban J connectivity index is 2.88. The third-order valence-electron chi connectivity index (χ3n) is 1.90. The fourth-order valence-electron chi connectivity index (χ4n) is 1.14. The van der Waals surface area contributed by atoms with Gasteiger partial charge in [-0.05, 0) is 6.42 Å². The maximum Gasteiger partial charge on any atom is 0.329 e. The predicted octanol–water partition coefficient (Wildman–Crippen LogP) is 0.611. The van der Waals surface area contributed by atoms with Gasteiger partial charge in [0.1, 0.15) is 6.20 Å². The molecule has 17 heavy (non-hydrogen) atoms. The first-order chi connectivity index (χ1) is 8.19. The number of hydrogen-bond donors (Lipinski definition) is 3. The van der Waals surface area contributed by atoms with E-state index in [9.17, 15) is 10.1 Å². The molecule has 0 fully saturated rings. The van der Waals surface area contributed by atoms with Gasteiger partial charge in [0.15, 0.2) is 0 Å². The third kappa shape index (κ3) is 3.83. The Morgan fingerprint density at radius 1 is 1.47 bits per heavy atom. The molecular weight excluding hydrogens is 226 g/mol. The van der Waals surface area contributed by atoms with Gasteiger partial charge in [-0.3, -0.25) is 10.1 Å². The molecule has 1 aromatic rings. The van der Waals surface area contributed by atoms with Gasteiger partial charge in [0, 0.05) is 13.1 Å². The molecule has 1 rings (SSSR count). The van der Waals surface area contributed by atoms with Gasteiger partial charge in [0.25, 0.3) is 0 Å². The van der Waals surface area contributed by atoms with Crippen molar-refractivity contribution >= 4 is 17.5 Å². The van der Waals surface area contributed by atoms with Gasteiger partial charge in [-0.1, -0.05) is 6.92 Å². The standard InChI is InChI=1S/C9H15N5O3/c1-2-3-11-9-12-6-7(14(16)17)8(13-9)10-4-5-15/h6,15H,2-5H2,1H3,(H2,10,11,12,13). The summed E-state index contributed by atoms with van der Waals surface area (Å²) in [6.07, 6.45) is 2.05. The van der Waals surface area contributed by atoms with Gasteiger partial charge >= 0.3 is 5.69 Å². The summed E-state index contributed by atoms with van der Waals surface area (Å²) in [6, 6.07) is 0. The van der Waals surface area contributed by atoms with Gasteiger partial charge in [-0.2, -0.15) is 4.98 Å². The van der Waals surface area contributed by atoms with Crippen LogP contribution in [-0.2, 0) is 0 Å². The van der Waals surface area contributed by atoms with Crippen LogP contribution in [0.5, 0.6) is 0 Å². The zero-order valence-electron chi connectivity index (χ0n) is 9.51. The fraction of sp³-hybridized carbons (Fsp3) is 0.556. The molecule has 0 atom stereocenters. The minimum Gasteiger partial charge on any atom is -0.395 e. The van der Waals surface area contributed by atoms with Crippen LogP contribution in [0.1, 0.15) is 13.3 Å². The minimum absolute atomic E-state index is 0.109. The SMILES string of the molecule is CCCNc1ncc([N+](=O)[O-])c(NCCO)n1. The van der Waals surface area contributed by atoms with Crippen molar-refractivity contribution in [3.05, 3.63) is 16.3 Å². The van der Waals surface area contributed by atoms with Crippen LogP contribution in [0.25, 0.3) is 0 Å². The fourth-order valence-corrected chi connectivity index (χ4v) is 1.14. The Morgan fingerprint density at radius 3 is 2.82 bits per heavy atom. The quantitative estimate of drug-likeness (QED) is 0.473. The second-order valence-corrected chi connectivity index (χ2v) is 3.26. The van der Waals surface area contributed by atoms with Crippen molar-refractivity contribution in [3.8, 4) is 0 Å². The highest BCUT2D eigenvalue weighted by Gasteiger charge is 2.16. The van der Waals surface area contributed by atoms with E-state index in [0.29, 0.717) is 12.5 Å². The van der Waals surface area contributed by atoms with E-state index in [4.69, 9.17) is 5.11 Å². The van der Waals surface area contributed by atoms with Gasteiger partial charge in [0.05, 0.1) is 11.5 Å². The molecule has 0 saturated heterocycles. The number of nitrogens with zero attached hydrogens (tertiary/aromatic N) is 3. The highest BCUT2D eigenvalue weighted by Crippen LogP contribution is 2.21. The summed E-state index contributed by atoms with van der Waals surface area (Å²) >= 11 is 0. The number of nitro groups is 1. The Hall–Kier alpha value is -1.96. The van der Waals surface area contributed by atoms with Crippen LogP contribution in [0.2, 0.25) is 0 Å². The smallest absolute Gasteiger partial charge is 0.329 e. The number of nitrogens with one attached hydrogen (secondary N) is 2. The maximum atomic E-state index is 10.7. The first-order valence-corrected chi connectivity index (χ1v) is 5.29. The Bertz CT molecular complexity index is 385. The molecule has 1 aromatic heterocycles.